The van der Waals surface area contributed by atoms with Gasteiger partial charge < -0.3 is 9.13 Å². The van der Waals surface area contributed by atoms with E-state index >= 15 is 0 Å². The molecule has 1 aliphatic carbocycles. The standard InChI is InChI=1S/C84H62N6/c1-83(2)67-35-19-33-63-65-43-57(55-29-17-31-59(41-55)81-85-71(51-21-9-5-10-22-51)49-72(86-81)52-23-11-6-12-24-52)37-39-75(65)89(79(63)67)77-47-62-46-70-78(48-61(62)45-69(77)83)90-76-40-38-58(44-66(76)64-34-20-36-68(80(64)90)84(70,3)4)56-30-18-32-60(42-56)82-87-73(53-25-13-7-14-26-53)50-74(88-82)54-27-15-8-16-28-54/h5-45,47,49-50,70,78H,46,48H2,1-4H3. The molecule has 0 spiro atoms. The van der Waals surface area contributed by atoms with Gasteiger partial charge in [0.25, 0.3) is 0 Å². The minimum Gasteiger partial charge on any atom is -0.336 e. The third-order valence-corrected chi connectivity index (χ3v) is 20.4. The van der Waals surface area contributed by atoms with Crippen molar-refractivity contribution in [1.82, 2.24) is 29.1 Å². The highest BCUT2D eigenvalue weighted by Crippen LogP contribution is 2.56. The van der Waals surface area contributed by atoms with Crippen molar-refractivity contribution in [2.24, 2.45) is 5.92 Å². The molecule has 18 rings (SSSR count). The zero-order valence-corrected chi connectivity index (χ0v) is 50.7. The topological polar surface area (TPSA) is 61.4 Å². The Morgan fingerprint density at radius 2 is 0.744 bits per heavy atom. The highest BCUT2D eigenvalue weighted by atomic mass is 15.1. The maximum Gasteiger partial charge on any atom is 0.160 e. The van der Waals surface area contributed by atoms with Gasteiger partial charge in [0.2, 0.25) is 0 Å². The van der Waals surface area contributed by atoms with Gasteiger partial charge in [-0.05, 0) is 129 Å². The van der Waals surface area contributed by atoms with Crippen LogP contribution in [0.1, 0.15) is 61.6 Å². The number of nitrogens with zero attached hydrogens (tertiary/aromatic N) is 6. The van der Waals surface area contributed by atoms with Crippen molar-refractivity contribution in [3.8, 4) is 95.7 Å². The van der Waals surface area contributed by atoms with Crippen LogP contribution in [-0.2, 0) is 23.7 Å². The maximum absolute atomic E-state index is 5.20. The van der Waals surface area contributed by atoms with Gasteiger partial charge in [-0.25, -0.2) is 19.9 Å². The van der Waals surface area contributed by atoms with Crippen LogP contribution in [0.15, 0.2) is 267 Å². The molecule has 6 heterocycles. The summed E-state index contributed by atoms with van der Waals surface area (Å²) in [4.78, 5) is 20.8. The van der Waals surface area contributed by atoms with Crippen LogP contribution < -0.4 is 0 Å². The van der Waals surface area contributed by atoms with Crippen molar-refractivity contribution >= 4 is 43.6 Å². The number of para-hydroxylation sites is 2. The molecular formula is C84H62N6. The molecule has 2 aliphatic heterocycles. The van der Waals surface area contributed by atoms with E-state index < -0.39 is 0 Å². The van der Waals surface area contributed by atoms with Gasteiger partial charge in [0.05, 0.1) is 45.0 Å². The maximum atomic E-state index is 5.20. The van der Waals surface area contributed by atoms with Crippen LogP contribution in [0.3, 0.4) is 0 Å². The molecule has 3 aliphatic rings. The van der Waals surface area contributed by atoms with E-state index in [2.05, 4.69) is 279 Å². The molecule has 0 amide bonds. The molecule has 6 nitrogen and oxygen atoms in total. The molecule has 0 bridgehead atoms. The summed E-state index contributed by atoms with van der Waals surface area (Å²) in [5.74, 6) is 1.79. The van der Waals surface area contributed by atoms with Crippen LogP contribution in [0.5, 0.6) is 0 Å². The van der Waals surface area contributed by atoms with E-state index in [1.165, 1.54) is 82.7 Å². The van der Waals surface area contributed by atoms with E-state index in [4.69, 9.17) is 19.9 Å². The van der Waals surface area contributed by atoms with E-state index in [9.17, 15) is 0 Å². The number of fused-ring (bicyclic) bond motifs is 11. The molecule has 4 aromatic heterocycles. The zero-order valence-electron chi connectivity index (χ0n) is 50.7. The predicted octanol–water partition coefficient (Wildman–Crippen LogP) is 20.7. The Balaban J connectivity index is 0.713. The van der Waals surface area contributed by atoms with Crippen molar-refractivity contribution in [3.63, 3.8) is 0 Å². The van der Waals surface area contributed by atoms with Crippen LogP contribution >= 0.6 is 0 Å². The van der Waals surface area contributed by atoms with E-state index in [1.807, 2.05) is 24.3 Å². The SMILES string of the molecule is CC1(C)c2cc3c(cc2-n2c4ccc(-c5cccc(-c6nc(-c7ccccc7)cc(-c7ccccc7)n6)c5)cc4c4cccc1c42)CC1C(C3)n2c3ccc(-c4cccc(-c5nc(-c6ccccc6)cc(-c6ccccc6)n5)c4)cc3c3cccc(c32)C1(C)C. The lowest BCUT2D eigenvalue weighted by Crippen LogP contribution is -2.44. The lowest BCUT2D eigenvalue weighted by molar-refractivity contribution is 0.194. The Bertz CT molecular complexity index is 5310. The average Bonchev–Trinajstić information content (AvgIpc) is 1.46. The van der Waals surface area contributed by atoms with Crippen molar-refractivity contribution in [2.75, 3.05) is 0 Å². The second kappa shape index (κ2) is 19.8. The molecule has 0 radical (unpaired) electrons. The molecule has 428 valence electrons. The van der Waals surface area contributed by atoms with Crippen LogP contribution in [0.2, 0.25) is 0 Å². The fourth-order valence-electron chi connectivity index (χ4n) is 15.8. The van der Waals surface area contributed by atoms with Gasteiger partial charge in [-0.15, -0.1) is 0 Å². The minimum atomic E-state index is -0.240. The van der Waals surface area contributed by atoms with Crippen LogP contribution in [-0.4, -0.2) is 29.1 Å². The van der Waals surface area contributed by atoms with Gasteiger partial charge in [-0.2, -0.15) is 0 Å². The average molecular weight is 1160 g/mol. The lowest BCUT2D eigenvalue weighted by Gasteiger charge is -2.49. The highest BCUT2D eigenvalue weighted by Gasteiger charge is 2.47. The quantitative estimate of drug-likeness (QED) is 0.152. The lowest BCUT2D eigenvalue weighted by atomic mass is 9.61. The first-order valence-corrected chi connectivity index (χ1v) is 31.6. The number of benzene rings is 11. The molecule has 15 aromatic rings. The van der Waals surface area contributed by atoms with Crippen molar-refractivity contribution in [1.29, 1.82) is 0 Å². The molecular weight excluding hydrogens is 1090 g/mol. The molecule has 90 heavy (non-hydrogen) atoms. The predicted molar refractivity (Wildman–Crippen MR) is 370 cm³/mol. The third-order valence-electron chi connectivity index (χ3n) is 20.4. The fraction of sp³-hybridized carbons (Fsp3) is 0.119. The highest BCUT2D eigenvalue weighted by molar-refractivity contribution is 6.13. The summed E-state index contributed by atoms with van der Waals surface area (Å²) < 4.78 is 5.37. The molecule has 0 saturated carbocycles. The summed E-state index contributed by atoms with van der Waals surface area (Å²) in [5, 5.41) is 5.17. The van der Waals surface area contributed by atoms with Crippen molar-refractivity contribution < 1.29 is 0 Å². The number of aromatic nitrogens is 6. The van der Waals surface area contributed by atoms with Crippen LogP contribution in [0.4, 0.5) is 0 Å². The first-order chi connectivity index (χ1) is 44.1. The number of rotatable bonds is 8. The summed E-state index contributed by atoms with van der Waals surface area (Å²) in [7, 11) is 0. The van der Waals surface area contributed by atoms with Crippen LogP contribution in [0, 0.1) is 5.92 Å². The van der Waals surface area contributed by atoms with Gasteiger partial charge in [0.15, 0.2) is 11.6 Å². The minimum absolute atomic E-state index is 0.0831. The zero-order chi connectivity index (χ0) is 60.0. The Hall–Kier alpha value is -10.8. The van der Waals surface area contributed by atoms with Gasteiger partial charge in [-0.3, -0.25) is 0 Å². The molecule has 0 saturated heterocycles. The summed E-state index contributed by atoms with van der Waals surface area (Å²) in [6.45, 7) is 9.93. The Labute approximate surface area is 523 Å². The Morgan fingerprint density at radius 1 is 0.322 bits per heavy atom. The molecule has 6 heteroatoms. The summed E-state index contributed by atoms with van der Waals surface area (Å²) in [6, 6.07) is 97.3. The monoisotopic (exact) mass is 1150 g/mol. The third kappa shape index (κ3) is 8.10. The first-order valence-electron chi connectivity index (χ1n) is 31.6. The van der Waals surface area contributed by atoms with E-state index in [0.717, 1.165) is 85.7 Å². The molecule has 0 fully saturated rings. The summed E-state index contributed by atoms with van der Waals surface area (Å²) in [5.41, 5.74) is 27.8. The molecule has 11 aromatic carbocycles. The normalized spacial score (nSPS) is 15.9. The second-order valence-corrected chi connectivity index (χ2v) is 26.2. The molecule has 2 unspecified atom stereocenters. The smallest absolute Gasteiger partial charge is 0.160 e. The fourth-order valence-corrected chi connectivity index (χ4v) is 15.8. The Kier molecular flexibility index (Phi) is 11.5. The Morgan fingerprint density at radius 3 is 1.27 bits per heavy atom. The van der Waals surface area contributed by atoms with Gasteiger partial charge in [0.1, 0.15) is 0 Å². The second-order valence-electron chi connectivity index (χ2n) is 26.2. The first kappa shape index (κ1) is 52.3. The molecule has 0 N–H and O–H groups in total. The largest absolute Gasteiger partial charge is 0.336 e. The van der Waals surface area contributed by atoms with Gasteiger partial charge >= 0.3 is 0 Å². The van der Waals surface area contributed by atoms with Gasteiger partial charge in [-0.1, -0.05) is 240 Å². The van der Waals surface area contributed by atoms with E-state index in [1.54, 1.807) is 0 Å². The summed E-state index contributed by atoms with van der Waals surface area (Å²) in [6.07, 6.45) is 1.97. The van der Waals surface area contributed by atoms with Gasteiger partial charge in [0, 0.05) is 71.9 Å². The van der Waals surface area contributed by atoms with Crippen LogP contribution in [0.25, 0.3) is 139 Å². The number of hydrogen-bond donors (Lipinski definition) is 0. The molecule has 2 atom stereocenters. The van der Waals surface area contributed by atoms with Crippen molar-refractivity contribution in [3.05, 3.63) is 295 Å². The summed E-state index contributed by atoms with van der Waals surface area (Å²) >= 11 is 0. The van der Waals surface area contributed by atoms with Crippen molar-refractivity contribution in [2.45, 2.75) is 57.4 Å². The number of hydrogen-bond acceptors (Lipinski definition) is 4. The van der Waals surface area contributed by atoms with E-state index in [-0.39, 0.29) is 16.9 Å². The van der Waals surface area contributed by atoms with E-state index in [0.29, 0.717) is 17.6 Å².